The highest BCUT2D eigenvalue weighted by Gasteiger charge is 2.25. The number of hydrogen-bond acceptors (Lipinski definition) is 3. The number of carbonyl (C=O) groups is 1. The van der Waals surface area contributed by atoms with E-state index < -0.39 is 0 Å². The zero-order valence-electron chi connectivity index (χ0n) is 10.8. The molecule has 0 aliphatic heterocycles. The predicted octanol–water partition coefficient (Wildman–Crippen LogP) is 1.80. The Bertz CT molecular complexity index is 386. The van der Waals surface area contributed by atoms with Gasteiger partial charge in [0.1, 0.15) is 0 Å². The molecule has 1 fully saturated rings. The molecule has 4 nitrogen and oxygen atoms in total. The molecule has 1 aromatic carbocycles. The van der Waals surface area contributed by atoms with E-state index in [1.165, 1.54) is 0 Å². The van der Waals surface area contributed by atoms with Crippen molar-refractivity contribution in [3.8, 4) is 0 Å². The average Bonchev–Trinajstić information content (AvgIpc) is 2.81. The zero-order valence-corrected chi connectivity index (χ0v) is 11.7. The van der Waals surface area contributed by atoms with Gasteiger partial charge in [-0.05, 0) is 25.0 Å². The Balaban J connectivity index is 0.00000180. The van der Waals surface area contributed by atoms with Crippen LogP contribution in [0.5, 0.6) is 0 Å². The first-order valence-electron chi connectivity index (χ1n) is 6.49. The first kappa shape index (κ1) is 15.8. The maximum atomic E-state index is 11.6. The van der Waals surface area contributed by atoms with Crippen molar-refractivity contribution in [3.05, 3.63) is 30.3 Å². The third-order valence-electron chi connectivity index (χ3n) is 3.41. The second-order valence-electron chi connectivity index (χ2n) is 4.78. The molecule has 2 rings (SSSR count). The molecule has 5 heteroatoms. The van der Waals surface area contributed by atoms with Gasteiger partial charge in [0.2, 0.25) is 5.91 Å². The highest BCUT2D eigenvalue weighted by Crippen LogP contribution is 2.24. The first-order valence-corrected chi connectivity index (χ1v) is 6.49. The Labute approximate surface area is 120 Å². The number of nitrogens with one attached hydrogen (secondary N) is 2. The van der Waals surface area contributed by atoms with Gasteiger partial charge in [0.25, 0.3) is 0 Å². The normalized spacial score (nSPS) is 21.5. The van der Waals surface area contributed by atoms with Crippen LogP contribution >= 0.6 is 12.4 Å². The largest absolute Gasteiger partial charge is 0.393 e. The minimum Gasteiger partial charge on any atom is -0.393 e. The standard InChI is InChI=1S/C14H20N2O2.ClH/c17-13-8-4-5-11(13)9-16-14(18)10-15-12-6-2-1-3-7-12;/h1-3,6-7,11,13,15,17H,4-5,8-10H2,(H,16,18);1H. The van der Waals surface area contributed by atoms with Crippen molar-refractivity contribution < 1.29 is 9.90 Å². The SMILES string of the molecule is Cl.O=C(CNc1ccccc1)NCC1CCCC1O. The van der Waals surface area contributed by atoms with E-state index in [0.717, 1.165) is 24.9 Å². The fraction of sp³-hybridized carbons (Fsp3) is 0.500. The van der Waals surface area contributed by atoms with Gasteiger partial charge in [0, 0.05) is 18.2 Å². The highest BCUT2D eigenvalue weighted by atomic mass is 35.5. The number of anilines is 1. The van der Waals surface area contributed by atoms with Crippen molar-refractivity contribution in [2.45, 2.75) is 25.4 Å². The smallest absolute Gasteiger partial charge is 0.239 e. The lowest BCUT2D eigenvalue weighted by Crippen LogP contribution is -2.35. The summed E-state index contributed by atoms with van der Waals surface area (Å²) < 4.78 is 0. The van der Waals surface area contributed by atoms with Gasteiger partial charge in [-0.25, -0.2) is 0 Å². The van der Waals surface area contributed by atoms with E-state index in [1.807, 2.05) is 30.3 Å². The molecule has 1 saturated carbocycles. The van der Waals surface area contributed by atoms with Gasteiger partial charge in [-0.2, -0.15) is 0 Å². The Morgan fingerprint density at radius 1 is 1.26 bits per heavy atom. The molecule has 0 spiro atoms. The van der Waals surface area contributed by atoms with Gasteiger partial charge in [-0.1, -0.05) is 24.6 Å². The third-order valence-corrected chi connectivity index (χ3v) is 3.41. The van der Waals surface area contributed by atoms with E-state index in [-0.39, 0.29) is 36.9 Å². The van der Waals surface area contributed by atoms with Crippen LogP contribution < -0.4 is 10.6 Å². The van der Waals surface area contributed by atoms with E-state index >= 15 is 0 Å². The lowest BCUT2D eigenvalue weighted by Gasteiger charge is -2.15. The Morgan fingerprint density at radius 2 is 2.00 bits per heavy atom. The molecule has 0 saturated heterocycles. The second kappa shape index (κ2) is 8.02. The zero-order chi connectivity index (χ0) is 12.8. The lowest BCUT2D eigenvalue weighted by atomic mass is 10.1. The van der Waals surface area contributed by atoms with Gasteiger partial charge in [0.05, 0.1) is 12.6 Å². The fourth-order valence-corrected chi connectivity index (χ4v) is 2.30. The number of halogens is 1. The molecule has 1 amide bonds. The second-order valence-corrected chi connectivity index (χ2v) is 4.78. The van der Waals surface area contributed by atoms with Crippen LogP contribution in [-0.4, -0.2) is 30.2 Å². The number of rotatable bonds is 5. The summed E-state index contributed by atoms with van der Waals surface area (Å²) in [5, 5.41) is 15.6. The van der Waals surface area contributed by atoms with E-state index in [0.29, 0.717) is 6.54 Å². The molecule has 106 valence electrons. The molecular weight excluding hydrogens is 264 g/mol. The van der Waals surface area contributed by atoms with Crippen molar-refractivity contribution in [1.29, 1.82) is 0 Å². The lowest BCUT2D eigenvalue weighted by molar-refractivity contribution is -0.119. The Hall–Kier alpha value is -1.26. The minimum absolute atomic E-state index is 0. The van der Waals surface area contributed by atoms with Gasteiger partial charge < -0.3 is 15.7 Å². The monoisotopic (exact) mass is 284 g/mol. The molecule has 2 unspecified atom stereocenters. The number of benzene rings is 1. The molecule has 0 bridgehead atoms. The van der Waals surface area contributed by atoms with Crippen LogP contribution in [0.4, 0.5) is 5.69 Å². The van der Waals surface area contributed by atoms with Crippen LogP contribution in [0.2, 0.25) is 0 Å². The third kappa shape index (κ3) is 5.09. The Kier molecular flexibility index (Phi) is 6.67. The van der Waals surface area contributed by atoms with Crippen molar-refractivity contribution in [2.75, 3.05) is 18.4 Å². The van der Waals surface area contributed by atoms with Crippen LogP contribution in [0.3, 0.4) is 0 Å². The van der Waals surface area contributed by atoms with Crippen molar-refractivity contribution >= 4 is 24.0 Å². The van der Waals surface area contributed by atoms with Crippen LogP contribution in [0.25, 0.3) is 0 Å². The minimum atomic E-state index is -0.243. The summed E-state index contributed by atoms with van der Waals surface area (Å²) in [7, 11) is 0. The van der Waals surface area contributed by atoms with Crippen LogP contribution in [-0.2, 0) is 4.79 Å². The highest BCUT2D eigenvalue weighted by molar-refractivity contribution is 5.85. The first-order chi connectivity index (χ1) is 8.75. The summed E-state index contributed by atoms with van der Waals surface area (Å²) >= 11 is 0. The van der Waals surface area contributed by atoms with E-state index in [4.69, 9.17) is 0 Å². The van der Waals surface area contributed by atoms with E-state index in [9.17, 15) is 9.90 Å². The molecule has 1 aromatic rings. The van der Waals surface area contributed by atoms with Gasteiger partial charge in [-0.3, -0.25) is 4.79 Å². The van der Waals surface area contributed by atoms with E-state index in [1.54, 1.807) is 0 Å². The van der Waals surface area contributed by atoms with Crippen LogP contribution in [0.15, 0.2) is 30.3 Å². The molecule has 3 N–H and O–H groups in total. The summed E-state index contributed by atoms with van der Waals surface area (Å²) in [5.41, 5.74) is 0.938. The number of aliphatic hydroxyl groups excluding tert-OH is 1. The summed E-state index contributed by atoms with van der Waals surface area (Å²) in [6, 6.07) is 9.64. The van der Waals surface area contributed by atoms with Gasteiger partial charge in [-0.15, -0.1) is 12.4 Å². The van der Waals surface area contributed by atoms with E-state index in [2.05, 4.69) is 10.6 Å². The number of para-hydroxylation sites is 1. The molecule has 19 heavy (non-hydrogen) atoms. The number of aliphatic hydroxyl groups is 1. The molecule has 1 aliphatic rings. The van der Waals surface area contributed by atoms with Crippen LogP contribution in [0, 0.1) is 5.92 Å². The molecule has 2 atom stereocenters. The molecular formula is C14H21ClN2O2. The average molecular weight is 285 g/mol. The predicted molar refractivity (Wildman–Crippen MR) is 78.5 cm³/mol. The van der Waals surface area contributed by atoms with Gasteiger partial charge >= 0.3 is 0 Å². The van der Waals surface area contributed by atoms with Crippen molar-refractivity contribution in [2.24, 2.45) is 5.92 Å². The van der Waals surface area contributed by atoms with Crippen LogP contribution in [0.1, 0.15) is 19.3 Å². The quantitative estimate of drug-likeness (QED) is 0.773. The van der Waals surface area contributed by atoms with Crippen molar-refractivity contribution in [3.63, 3.8) is 0 Å². The molecule has 0 radical (unpaired) electrons. The number of carbonyl (C=O) groups excluding carboxylic acids is 1. The molecule has 0 heterocycles. The Morgan fingerprint density at radius 3 is 2.63 bits per heavy atom. The summed E-state index contributed by atoms with van der Waals surface area (Å²) in [4.78, 5) is 11.6. The molecule has 1 aliphatic carbocycles. The number of amides is 1. The van der Waals surface area contributed by atoms with Gasteiger partial charge in [0.15, 0.2) is 0 Å². The fourth-order valence-electron chi connectivity index (χ4n) is 2.30. The summed E-state index contributed by atoms with van der Waals surface area (Å²) in [6.45, 7) is 0.850. The maximum absolute atomic E-state index is 11.6. The topological polar surface area (TPSA) is 61.4 Å². The number of hydrogen-bond donors (Lipinski definition) is 3. The maximum Gasteiger partial charge on any atom is 0.239 e. The molecule has 0 aromatic heterocycles. The summed E-state index contributed by atoms with van der Waals surface area (Å²) in [5.74, 6) is 0.198. The summed E-state index contributed by atoms with van der Waals surface area (Å²) in [6.07, 6.45) is 2.69. The van der Waals surface area contributed by atoms with Crippen molar-refractivity contribution in [1.82, 2.24) is 5.32 Å².